The molecule has 174 valence electrons. The standard InChI is InChI=1S/C19H36N4O6S/c1-6-10(4)14(20)17(26)23-15(11(5)24)18(27)22-13(8-30)16(25)21-12(19(28)29)7-9(2)3/h9-15,24,30H,6-8,20H2,1-5H3,(H,21,25)(H,22,27)(H,23,26)(H,28,29). The summed E-state index contributed by atoms with van der Waals surface area (Å²) in [5, 5.41) is 26.4. The zero-order valence-electron chi connectivity index (χ0n) is 18.2. The molecule has 0 saturated heterocycles. The smallest absolute Gasteiger partial charge is 0.326 e. The van der Waals surface area contributed by atoms with Gasteiger partial charge in [-0.15, -0.1) is 0 Å². The molecule has 0 aromatic carbocycles. The molecule has 10 nitrogen and oxygen atoms in total. The van der Waals surface area contributed by atoms with Crippen LogP contribution in [0.2, 0.25) is 0 Å². The topological polar surface area (TPSA) is 171 Å². The van der Waals surface area contributed by atoms with E-state index >= 15 is 0 Å². The maximum absolute atomic E-state index is 12.6. The van der Waals surface area contributed by atoms with Gasteiger partial charge in [0, 0.05) is 5.75 Å². The van der Waals surface area contributed by atoms with Gasteiger partial charge in [-0.05, 0) is 25.2 Å². The lowest BCUT2D eigenvalue weighted by atomic mass is 9.98. The van der Waals surface area contributed by atoms with Crippen molar-refractivity contribution >= 4 is 36.3 Å². The Labute approximate surface area is 183 Å². The molecule has 30 heavy (non-hydrogen) atoms. The van der Waals surface area contributed by atoms with E-state index in [9.17, 15) is 29.4 Å². The quantitative estimate of drug-likeness (QED) is 0.182. The molecular weight excluding hydrogens is 412 g/mol. The van der Waals surface area contributed by atoms with Crippen LogP contribution in [0.4, 0.5) is 0 Å². The van der Waals surface area contributed by atoms with Crippen molar-refractivity contribution < 1.29 is 29.4 Å². The Morgan fingerprint density at radius 1 is 0.933 bits per heavy atom. The van der Waals surface area contributed by atoms with E-state index < -0.39 is 54.0 Å². The first-order valence-electron chi connectivity index (χ1n) is 10.0. The molecule has 0 aliphatic carbocycles. The molecule has 3 amide bonds. The number of thiol groups is 1. The molecule has 0 aliphatic heterocycles. The Kier molecular flexibility index (Phi) is 12.6. The van der Waals surface area contributed by atoms with Gasteiger partial charge in [-0.2, -0.15) is 12.6 Å². The number of amides is 3. The lowest BCUT2D eigenvalue weighted by Crippen LogP contribution is -2.60. The van der Waals surface area contributed by atoms with Crippen LogP contribution in [0.15, 0.2) is 0 Å². The molecule has 11 heteroatoms. The van der Waals surface area contributed by atoms with Crippen molar-refractivity contribution in [1.82, 2.24) is 16.0 Å². The normalized spacial score (nSPS) is 17.2. The van der Waals surface area contributed by atoms with Crippen LogP contribution in [0, 0.1) is 11.8 Å². The van der Waals surface area contributed by atoms with E-state index in [4.69, 9.17) is 5.73 Å². The fourth-order valence-corrected chi connectivity index (χ4v) is 2.84. The number of nitrogens with two attached hydrogens (primary N) is 1. The molecule has 0 aromatic heterocycles. The van der Waals surface area contributed by atoms with Gasteiger partial charge in [0.25, 0.3) is 0 Å². The second kappa shape index (κ2) is 13.5. The Hall–Kier alpha value is -1.85. The van der Waals surface area contributed by atoms with Gasteiger partial charge < -0.3 is 31.9 Å². The molecule has 0 rings (SSSR count). The van der Waals surface area contributed by atoms with Crippen LogP contribution in [0.25, 0.3) is 0 Å². The molecular formula is C19H36N4O6S. The van der Waals surface area contributed by atoms with Crippen LogP contribution < -0.4 is 21.7 Å². The minimum atomic E-state index is -1.34. The van der Waals surface area contributed by atoms with Crippen molar-refractivity contribution in [2.45, 2.75) is 77.7 Å². The maximum Gasteiger partial charge on any atom is 0.326 e. The van der Waals surface area contributed by atoms with Gasteiger partial charge in [0.1, 0.15) is 18.1 Å². The molecule has 0 aliphatic rings. The van der Waals surface area contributed by atoms with Gasteiger partial charge >= 0.3 is 5.97 Å². The fraction of sp³-hybridized carbons (Fsp3) is 0.789. The van der Waals surface area contributed by atoms with Crippen LogP contribution >= 0.6 is 12.6 Å². The van der Waals surface area contributed by atoms with E-state index in [1.54, 1.807) is 6.92 Å². The number of carboxylic acid groups (broad SMARTS) is 1. The number of aliphatic hydroxyl groups excluding tert-OH is 1. The predicted molar refractivity (Wildman–Crippen MR) is 116 cm³/mol. The van der Waals surface area contributed by atoms with Crippen LogP contribution in [-0.4, -0.2) is 69.9 Å². The fourth-order valence-electron chi connectivity index (χ4n) is 2.59. The summed E-state index contributed by atoms with van der Waals surface area (Å²) in [5.74, 6) is -3.53. The largest absolute Gasteiger partial charge is 0.480 e. The summed E-state index contributed by atoms with van der Waals surface area (Å²) in [7, 11) is 0. The monoisotopic (exact) mass is 448 g/mol. The lowest BCUT2D eigenvalue weighted by Gasteiger charge is -2.27. The number of hydrogen-bond donors (Lipinski definition) is 7. The third kappa shape index (κ3) is 9.31. The number of aliphatic carboxylic acids is 1. The van der Waals surface area contributed by atoms with Crippen LogP contribution in [-0.2, 0) is 19.2 Å². The summed E-state index contributed by atoms with van der Waals surface area (Å²) in [5.41, 5.74) is 5.86. The summed E-state index contributed by atoms with van der Waals surface area (Å²) in [6.45, 7) is 8.62. The Morgan fingerprint density at radius 2 is 1.47 bits per heavy atom. The molecule has 0 bridgehead atoms. The Bertz CT molecular complexity index is 602. The number of nitrogens with one attached hydrogen (secondary N) is 3. The molecule has 0 fully saturated rings. The zero-order valence-corrected chi connectivity index (χ0v) is 19.1. The van der Waals surface area contributed by atoms with Gasteiger partial charge in [0.15, 0.2) is 0 Å². The van der Waals surface area contributed by atoms with Gasteiger partial charge in [-0.25, -0.2) is 4.79 Å². The van der Waals surface area contributed by atoms with Crippen LogP contribution in [0.5, 0.6) is 0 Å². The van der Waals surface area contributed by atoms with Gasteiger partial charge in [-0.1, -0.05) is 34.1 Å². The third-order valence-corrected chi connectivity index (χ3v) is 5.12. The molecule has 6 atom stereocenters. The molecule has 7 N–H and O–H groups in total. The highest BCUT2D eigenvalue weighted by atomic mass is 32.1. The average Bonchev–Trinajstić information content (AvgIpc) is 2.66. The second-order valence-corrected chi connectivity index (χ2v) is 8.28. The zero-order chi connectivity index (χ0) is 23.6. The lowest BCUT2D eigenvalue weighted by molar-refractivity contribution is -0.142. The molecule has 0 spiro atoms. The highest BCUT2D eigenvalue weighted by molar-refractivity contribution is 7.80. The summed E-state index contributed by atoms with van der Waals surface area (Å²) < 4.78 is 0. The Morgan fingerprint density at radius 3 is 1.87 bits per heavy atom. The second-order valence-electron chi connectivity index (χ2n) is 7.91. The number of carbonyl (C=O) groups is 4. The minimum absolute atomic E-state index is 0.0278. The molecule has 0 saturated carbocycles. The van der Waals surface area contributed by atoms with Crippen molar-refractivity contribution in [2.75, 3.05) is 5.75 Å². The van der Waals surface area contributed by atoms with E-state index in [-0.39, 0.29) is 24.0 Å². The first-order chi connectivity index (χ1) is 13.8. The van der Waals surface area contributed by atoms with Crippen LogP contribution in [0.3, 0.4) is 0 Å². The predicted octanol–water partition coefficient (Wildman–Crippen LogP) is -0.744. The highest BCUT2D eigenvalue weighted by Gasteiger charge is 2.32. The van der Waals surface area contributed by atoms with E-state index in [0.29, 0.717) is 6.42 Å². The number of carboxylic acids is 1. The third-order valence-electron chi connectivity index (χ3n) is 4.76. The summed E-state index contributed by atoms with van der Waals surface area (Å²) in [6, 6.07) is -4.47. The van der Waals surface area contributed by atoms with Gasteiger partial charge in [0.2, 0.25) is 17.7 Å². The van der Waals surface area contributed by atoms with E-state index in [1.807, 2.05) is 20.8 Å². The summed E-state index contributed by atoms with van der Waals surface area (Å²) >= 11 is 4.04. The Balaban J connectivity index is 5.20. The molecule has 0 aromatic rings. The number of carbonyl (C=O) groups excluding carboxylic acids is 3. The SMILES string of the molecule is CCC(C)C(N)C(=O)NC(C(=O)NC(CS)C(=O)NC(CC(C)C)C(=O)O)C(C)O. The average molecular weight is 449 g/mol. The van der Waals surface area contributed by atoms with Crippen molar-refractivity contribution in [3.05, 3.63) is 0 Å². The minimum Gasteiger partial charge on any atom is -0.480 e. The van der Waals surface area contributed by atoms with Crippen molar-refractivity contribution in [3.63, 3.8) is 0 Å². The highest BCUT2D eigenvalue weighted by Crippen LogP contribution is 2.07. The van der Waals surface area contributed by atoms with Gasteiger partial charge in [-0.3, -0.25) is 14.4 Å². The summed E-state index contributed by atoms with van der Waals surface area (Å²) in [6.07, 6.45) is -0.383. The maximum atomic E-state index is 12.6. The molecule has 6 unspecified atom stereocenters. The van der Waals surface area contributed by atoms with Crippen molar-refractivity contribution in [1.29, 1.82) is 0 Å². The van der Waals surface area contributed by atoms with Crippen molar-refractivity contribution in [3.8, 4) is 0 Å². The molecule has 0 radical (unpaired) electrons. The number of aliphatic hydroxyl groups is 1. The first-order valence-corrected chi connectivity index (χ1v) is 10.7. The van der Waals surface area contributed by atoms with E-state index in [0.717, 1.165) is 0 Å². The molecule has 0 heterocycles. The summed E-state index contributed by atoms with van der Waals surface area (Å²) in [4.78, 5) is 48.7. The van der Waals surface area contributed by atoms with E-state index in [1.165, 1.54) is 6.92 Å². The van der Waals surface area contributed by atoms with Gasteiger partial charge in [0.05, 0.1) is 12.1 Å². The number of hydrogen-bond acceptors (Lipinski definition) is 7. The first kappa shape index (κ1) is 28.1. The number of rotatable bonds is 13. The van der Waals surface area contributed by atoms with Crippen LogP contribution in [0.1, 0.15) is 47.5 Å². The van der Waals surface area contributed by atoms with Crippen molar-refractivity contribution in [2.24, 2.45) is 17.6 Å². The van der Waals surface area contributed by atoms with E-state index in [2.05, 4.69) is 28.6 Å².